The predicted molar refractivity (Wildman–Crippen MR) is 117 cm³/mol. The van der Waals surface area contributed by atoms with Crippen molar-refractivity contribution < 1.29 is 28.5 Å². The maximum atomic E-state index is 12.7. The number of carbonyl (C=O) groups excluding carboxylic acids is 2. The monoisotopic (exact) mass is 425 g/mol. The van der Waals surface area contributed by atoms with Crippen LogP contribution in [0, 0.1) is 0 Å². The smallest absolute Gasteiger partial charge is 0.231 e. The first-order chi connectivity index (χ1) is 14.9. The average molecular weight is 425 g/mol. The summed E-state index contributed by atoms with van der Waals surface area (Å²) in [5.41, 5.74) is 2.45. The number of nitrogens with zero attached hydrogens (tertiary/aromatic N) is 1. The largest absolute Gasteiger partial charge is 0.496 e. The number of benzene rings is 2. The quantitative estimate of drug-likeness (QED) is 0.574. The van der Waals surface area contributed by atoms with E-state index < -0.39 is 0 Å². The van der Waals surface area contributed by atoms with E-state index in [4.69, 9.17) is 18.9 Å². The topological polar surface area (TPSA) is 74.3 Å². The third-order valence-electron chi connectivity index (χ3n) is 5.19. The van der Waals surface area contributed by atoms with Gasteiger partial charge in [-0.3, -0.25) is 9.59 Å². The molecule has 164 valence electrons. The van der Waals surface area contributed by atoms with E-state index >= 15 is 0 Å². The molecule has 0 N–H and O–H groups in total. The third kappa shape index (κ3) is 5.17. The Kier molecular flexibility index (Phi) is 7.18. The maximum Gasteiger partial charge on any atom is 0.231 e. The predicted octanol–water partition coefficient (Wildman–Crippen LogP) is 3.28. The molecule has 0 saturated heterocycles. The van der Waals surface area contributed by atoms with Gasteiger partial charge in [0.25, 0.3) is 0 Å². The minimum absolute atomic E-state index is 0.0169. The van der Waals surface area contributed by atoms with Crippen molar-refractivity contribution in [2.75, 3.05) is 34.6 Å². The van der Waals surface area contributed by atoms with Gasteiger partial charge < -0.3 is 23.8 Å². The molecule has 31 heavy (non-hydrogen) atoms. The first-order valence-corrected chi connectivity index (χ1v) is 9.98. The number of rotatable bonds is 9. The van der Waals surface area contributed by atoms with E-state index in [0.717, 1.165) is 16.7 Å². The molecule has 1 amide bonds. The maximum absolute atomic E-state index is 12.7. The molecule has 0 fully saturated rings. The van der Waals surface area contributed by atoms with Gasteiger partial charge in [-0.25, -0.2) is 0 Å². The highest BCUT2D eigenvalue weighted by Crippen LogP contribution is 2.45. The molecule has 2 aromatic carbocycles. The fourth-order valence-corrected chi connectivity index (χ4v) is 3.39. The van der Waals surface area contributed by atoms with E-state index in [1.807, 2.05) is 30.3 Å². The second-order valence-electron chi connectivity index (χ2n) is 7.20. The summed E-state index contributed by atoms with van der Waals surface area (Å²) >= 11 is 0. The van der Waals surface area contributed by atoms with Gasteiger partial charge in [0.2, 0.25) is 18.4 Å². The second-order valence-corrected chi connectivity index (χ2v) is 7.20. The molecule has 1 heterocycles. The van der Waals surface area contributed by atoms with E-state index in [1.54, 1.807) is 32.2 Å². The lowest BCUT2D eigenvalue weighted by atomic mass is 10.00. The number of fused-ring (bicyclic) bond motifs is 1. The van der Waals surface area contributed by atoms with Gasteiger partial charge in [0.1, 0.15) is 5.75 Å². The molecule has 0 aliphatic carbocycles. The van der Waals surface area contributed by atoms with E-state index in [9.17, 15) is 9.59 Å². The van der Waals surface area contributed by atoms with Gasteiger partial charge in [-0.2, -0.15) is 0 Å². The van der Waals surface area contributed by atoms with E-state index in [0.29, 0.717) is 36.0 Å². The Hall–Kier alpha value is -3.48. The summed E-state index contributed by atoms with van der Waals surface area (Å²) in [7, 11) is 4.89. The molecular weight excluding hydrogens is 398 g/mol. The van der Waals surface area contributed by atoms with Crippen LogP contribution in [0.2, 0.25) is 0 Å². The van der Waals surface area contributed by atoms with Crippen LogP contribution in [0.1, 0.15) is 23.6 Å². The van der Waals surface area contributed by atoms with Gasteiger partial charge >= 0.3 is 0 Å². The van der Waals surface area contributed by atoms with Gasteiger partial charge in [-0.05, 0) is 36.3 Å². The number of hydrogen-bond acceptors (Lipinski definition) is 6. The zero-order chi connectivity index (χ0) is 22.4. The Morgan fingerprint density at radius 1 is 1.13 bits per heavy atom. The molecule has 0 spiro atoms. The molecule has 0 atom stereocenters. The standard InChI is InChI=1S/C24H27NO6/c1-16(26)25(2)12-11-17-14-22-24(31-15-30-22)23(29-4)20(17)10-9-19(27)13-18-7-5-6-8-21(18)28-3/h5-10,14H,11-13,15H2,1-4H3/b10-9-. The highest BCUT2D eigenvalue weighted by molar-refractivity contribution is 5.96. The second kappa shape index (κ2) is 10.0. The van der Waals surface area contributed by atoms with Crippen LogP contribution < -0.4 is 18.9 Å². The van der Waals surface area contributed by atoms with Gasteiger partial charge in [0.15, 0.2) is 17.3 Å². The number of ketones is 1. The summed E-state index contributed by atoms with van der Waals surface area (Å²) in [4.78, 5) is 25.9. The average Bonchev–Trinajstić information content (AvgIpc) is 3.23. The number of para-hydroxylation sites is 1. The number of carbonyl (C=O) groups is 2. The number of amides is 1. The van der Waals surface area contributed by atoms with Crippen LogP contribution in [0.4, 0.5) is 0 Å². The third-order valence-corrected chi connectivity index (χ3v) is 5.19. The van der Waals surface area contributed by atoms with Crippen molar-refractivity contribution >= 4 is 17.8 Å². The van der Waals surface area contributed by atoms with Crippen molar-refractivity contribution in [3.05, 3.63) is 53.1 Å². The molecule has 1 aliphatic rings. The minimum Gasteiger partial charge on any atom is -0.496 e. The van der Waals surface area contributed by atoms with Crippen LogP contribution in [0.3, 0.4) is 0 Å². The van der Waals surface area contributed by atoms with Crippen LogP contribution in [0.25, 0.3) is 6.08 Å². The molecular formula is C24H27NO6. The molecule has 7 heteroatoms. The van der Waals surface area contributed by atoms with Crippen LogP contribution in [-0.4, -0.2) is 51.2 Å². The summed E-state index contributed by atoms with van der Waals surface area (Å²) in [6.07, 6.45) is 4.06. The molecule has 0 aromatic heterocycles. The molecule has 0 bridgehead atoms. The molecule has 2 aromatic rings. The molecule has 0 unspecified atom stereocenters. The Bertz CT molecular complexity index is 998. The van der Waals surface area contributed by atoms with Gasteiger partial charge in [-0.1, -0.05) is 18.2 Å². The SMILES string of the molecule is COc1ccccc1CC(=O)/C=C\c1c(CCN(C)C(C)=O)cc2c(c1OC)OCO2. The van der Waals surface area contributed by atoms with Gasteiger partial charge in [0.05, 0.1) is 14.2 Å². The van der Waals surface area contributed by atoms with Crippen molar-refractivity contribution in [3.63, 3.8) is 0 Å². The molecule has 7 nitrogen and oxygen atoms in total. The highest BCUT2D eigenvalue weighted by Gasteiger charge is 2.24. The first kappa shape index (κ1) is 22.2. The van der Waals surface area contributed by atoms with Crippen LogP contribution in [0.15, 0.2) is 36.4 Å². The summed E-state index contributed by atoms with van der Waals surface area (Å²) in [6.45, 7) is 2.16. The van der Waals surface area contributed by atoms with E-state index in [-0.39, 0.29) is 24.9 Å². The van der Waals surface area contributed by atoms with Crippen LogP contribution in [-0.2, 0) is 22.4 Å². The van der Waals surface area contributed by atoms with Crippen LogP contribution in [0.5, 0.6) is 23.0 Å². The lowest BCUT2D eigenvalue weighted by Gasteiger charge is -2.18. The molecule has 0 radical (unpaired) electrons. The van der Waals surface area contributed by atoms with Crippen molar-refractivity contribution in [1.29, 1.82) is 0 Å². The van der Waals surface area contributed by atoms with Crippen molar-refractivity contribution in [2.45, 2.75) is 19.8 Å². The fourth-order valence-electron chi connectivity index (χ4n) is 3.39. The number of likely N-dealkylation sites (N-methyl/N-ethyl adjacent to an activating group) is 1. The summed E-state index contributed by atoms with van der Waals surface area (Å²) in [6, 6.07) is 9.32. The lowest BCUT2D eigenvalue weighted by Crippen LogP contribution is -2.26. The summed E-state index contributed by atoms with van der Waals surface area (Å²) in [5, 5.41) is 0. The lowest BCUT2D eigenvalue weighted by molar-refractivity contribution is -0.127. The molecule has 1 aliphatic heterocycles. The zero-order valence-electron chi connectivity index (χ0n) is 18.3. The Labute approximate surface area is 182 Å². The van der Waals surface area contributed by atoms with E-state index in [2.05, 4.69) is 0 Å². The first-order valence-electron chi connectivity index (χ1n) is 9.98. The Morgan fingerprint density at radius 2 is 1.90 bits per heavy atom. The van der Waals surface area contributed by atoms with Crippen molar-refractivity contribution in [1.82, 2.24) is 4.90 Å². The normalized spacial score (nSPS) is 12.1. The minimum atomic E-state index is -0.0731. The van der Waals surface area contributed by atoms with Crippen molar-refractivity contribution in [2.24, 2.45) is 0 Å². The number of allylic oxidation sites excluding steroid dienone is 1. The van der Waals surface area contributed by atoms with Gasteiger partial charge in [-0.15, -0.1) is 0 Å². The zero-order valence-corrected chi connectivity index (χ0v) is 18.3. The van der Waals surface area contributed by atoms with Crippen molar-refractivity contribution in [3.8, 4) is 23.0 Å². The number of methoxy groups -OCH3 is 2. The highest BCUT2D eigenvalue weighted by atomic mass is 16.7. The fraction of sp³-hybridized carbons (Fsp3) is 0.333. The number of hydrogen-bond donors (Lipinski definition) is 0. The van der Waals surface area contributed by atoms with Crippen LogP contribution >= 0.6 is 0 Å². The Morgan fingerprint density at radius 3 is 2.61 bits per heavy atom. The molecule has 0 saturated carbocycles. The Balaban J connectivity index is 1.89. The number of ether oxygens (including phenoxy) is 4. The van der Waals surface area contributed by atoms with E-state index in [1.165, 1.54) is 13.0 Å². The molecule has 3 rings (SSSR count). The summed E-state index contributed by atoms with van der Waals surface area (Å²) < 4.78 is 22.0. The summed E-state index contributed by atoms with van der Waals surface area (Å²) in [5.74, 6) is 2.21. The van der Waals surface area contributed by atoms with Gasteiger partial charge in [0, 0.05) is 38.1 Å².